The van der Waals surface area contributed by atoms with Gasteiger partial charge < -0.3 is 20.7 Å². The number of fused-ring (bicyclic) bond motifs is 1. The van der Waals surface area contributed by atoms with E-state index in [-0.39, 0.29) is 22.6 Å². The number of anilines is 2. The Bertz CT molecular complexity index is 946. The van der Waals surface area contributed by atoms with Crippen molar-refractivity contribution in [2.45, 2.75) is 25.7 Å². The maximum absolute atomic E-state index is 12.5. The Morgan fingerprint density at radius 2 is 1.92 bits per heavy atom. The van der Waals surface area contributed by atoms with Gasteiger partial charge in [0.15, 0.2) is 0 Å². The highest BCUT2D eigenvalue weighted by Crippen LogP contribution is 2.24. The van der Waals surface area contributed by atoms with Gasteiger partial charge in [-0.15, -0.1) is 0 Å². The molecule has 0 bridgehead atoms. The van der Waals surface area contributed by atoms with Crippen molar-refractivity contribution in [2.75, 3.05) is 10.6 Å². The van der Waals surface area contributed by atoms with Gasteiger partial charge in [0.25, 0.3) is 11.5 Å². The van der Waals surface area contributed by atoms with Crippen LogP contribution in [0.15, 0.2) is 41.7 Å². The van der Waals surface area contributed by atoms with Crippen molar-refractivity contribution in [1.82, 2.24) is 4.98 Å². The van der Waals surface area contributed by atoms with Crippen molar-refractivity contribution in [1.29, 1.82) is 0 Å². The summed E-state index contributed by atoms with van der Waals surface area (Å²) in [4.78, 5) is 38.9. The number of rotatable bonds is 4. The first-order valence-electron chi connectivity index (χ1n) is 8.31. The average molecular weight is 353 g/mol. The Hall–Kier alpha value is -3.35. The normalized spacial score (nSPS) is 12.8. The molecule has 2 amide bonds. The molecule has 0 fully saturated rings. The van der Waals surface area contributed by atoms with E-state index in [0.717, 1.165) is 43.0 Å². The van der Waals surface area contributed by atoms with Crippen LogP contribution in [0.25, 0.3) is 0 Å². The summed E-state index contributed by atoms with van der Waals surface area (Å²) in [6, 6.07) is 5.77. The first-order valence-corrected chi connectivity index (χ1v) is 8.31. The largest absolute Gasteiger partial charge is 0.507 e. The van der Waals surface area contributed by atoms with Gasteiger partial charge in [-0.2, -0.15) is 0 Å². The van der Waals surface area contributed by atoms with Gasteiger partial charge in [-0.3, -0.25) is 14.4 Å². The van der Waals surface area contributed by atoms with Crippen LogP contribution >= 0.6 is 0 Å². The average Bonchev–Trinajstić information content (AvgIpc) is 2.63. The van der Waals surface area contributed by atoms with E-state index in [9.17, 15) is 19.5 Å². The highest BCUT2D eigenvalue weighted by molar-refractivity contribution is 6.07. The van der Waals surface area contributed by atoms with Gasteiger partial charge in [0.2, 0.25) is 5.91 Å². The summed E-state index contributed by atoms with van der Waals surface area (Å²) in [5.41, 5.74) is 1.96. The minimum Gasteiger partial charge on any atom is -0.507 e. The third kappa shape index (κ3) is 3.66. The van der Waals surface area contributed by atoms with Crippen LogP contribution in [-0.4, -0.2) is 21.9 Å². The van der Waals surface area contributed by atoms with E-state index in [1.165, 1.54) is 18.2 Å². The predicted molar refractivity (Wildman–Crippen MR) is 98.6 cm³/mol. The number of aryl methyl sites for hydroxylation is 2. The molecule has 0 unspecified atom stereocenters. The monoisotopic (exact) mass is 353 g/mol. The minimum atomic E-state index is -0.640. The Kier molecular flexibility index (Phi) is 4.88. The third-order valence-corrected chi connectivity index (χ3v) is 4.28. The fourth-order valence-electron chi connectivity index (χ4n) is 2.95. The molecule has 0 aliphatic heterocycles. The van der Waals surface area contributed by atoms with Crippen LogP contribution < -0.4 is 16.2 Å². The van der Waals surface area contributed by atoms with Gasteiger partial charge in [0.1, 0.15) is 11.4 Å². The summed E-state index contributed by atoms with van der Waals surface area (Å²) < 4.78 is 0. The Labute approximate surface area is 149 Å². The van der Waals surface area contributed by atoms with Crippen LogP contribution in [0.4, 0.5) is 11.4 Å². The summed E-state index contributed by atoms with van der Waals surface area (Å²) in [7, 11) is 0. The maximum atomic E-state index is 12.5. The van der Waals surface area contributed by atoms with Crippen LogP contribution in [-0.2, 0) is 17.6 Å². The molecular weight excluding hydrogens is 334 g/mol. The fraction of sp³-hybridized carbons (Fsp3) is 0.211. The number of nitrogens with one attached hydrogen (secondary N) is 3. The zero-order valence-corrected chi connectivity index (χ0v) is 14.1. The fourth-order valence-corrected chi connectivity index (χ4v) is 2.95. The molecule has 4 N–H and O–H groups in total. The Morgan fingerprint density at radius 3 is 2.69 bits per heavy atom. The summed E-state index contributed by atoms with van der Waals surface area (Å²) in [6.45, 7) is 3.35. The maximum Gasteiger partial charge on any atom is 0.271 e. The predicted octanol–water partition coefficient (Wildman–Crippen LogP) is 2.34. The topological polar surface area (TPSA) is 111 Å². The van der Waals surface area contributed by atoms with Crippen LogP contribution in [0.3, 0.4) is 0 Å². The quantitative estimate of drug-likeness (QED) is 0.499. The van der Waals surface area contributed by atoms with Gasteiger partial charge >= 0.3 is 0 Å². The molecule has 0 saturated heterocycles. The number of phenols is 1. The molecule has 26 heavy (non-hydrogen) atoms. The lowest BCUT2D eigenvalue weighted by atomic mass is 9.96. The summed E-state index contributed by atoms with van der Waals surface area (Å²) >= 11 is 0. The molecule has 2 aromatic rings. The standard InChI is InChI=1S/C19H19N3O4/c1-2-17(24)20-12-7-8-16(23)13(10-12)18(25)22-15-9-11-5-3-4-6-14(11)21-19(15)26/h2,7-10,23H,1,3-6H2,(H,20,24)(H,21,26)(H,22,25). The summed E-state index contributed by atoms with van der Waals surface area (Å²) in [5.74, 6) is -1.33. The molecule has 0 saturated carbocycles. The van der Waals surface area contributed by atoms with Crippen molar-refractivity contribution in [3.63, 3.8) is 0 Å². The zero-order valence-electron chi connectivity index (χ0n) is 14.1. The number of H-pyrrole nitrogens is 1. The second kappa shape index (κ2) is 7.26. The summed E-state index contributed by atoms with van der Waals surface area (Å²) in [5, 5.41) is 15.0. The Morgan fingerprint density at radius 1 is 1.15 bits per heavy atom. The molecular formula is C19H19N3O4. The second-order valence-electron chi connectivity index (χ2n) is 6.10. The number of aromatic nitrogens is 1. The molecule has 1 aromatic carbocycles. The van der Waals surface area contributed by atoms with E-state index in [1.54, 1.807) is 6.07 Å². The van der Waals surface area contributed by atoms with E-state index in [0.29, 0.717) is 5.69 Å². The van der Waals surface area contributed by atoms with E-state index >= 15 is 0 Å². The number of aromatic amines is 1. The zero-order chi connectivity index (χ0) is 18.7. The molecule has 1 aliphatic carbocycles. The second-order valence-corrected chi connectivity index (χ2v) is 6.10. The number of amides is 2. The highest BCUT2D eigenvalue weighted by atomic mass is 16.3. The van der Waals surface area contributed by atoms with E-state index < -0.39 is 11.8 Å². The van der Waals surface area contributed by atoms with Gasteiger partial charge in [-0.05, 0) is 61.6 Å². The number of carbonyl (C=O) groups is 2. The molecule has 1 aliphatic rings. The molecule has 0 spiro atoms. The molecule has 1 heterocycles. The summed E-state index contributed by atoms with van der Waals surface area (Å²) in [6.07, 6.45) is 4.84. The molecule has 7 heteroatoms. The van der Waals surface area contributed by atoms with Gasteiger partial charge in [-0.25, -0.2) is 0 Å². The van der Waals surface area contributed by atoms with Crippen LogP contribution in [0.2, 0.25) is 0 Å². The number of benzene rings is 1. The number of phenolic OH excluding ortho intramolecular Hbond substituents is 1. The van der Waals surface area contributed by atoms with E-state index in [4.69, 9.17) is 0 Å². The lowest BCUT2D eigenvalue weighted by Crippen LogP contribution is -2.23. The first kappa shape index (κ1) is 17.5. The van der Waals surface area contributed by atoms with Crippen LogP contribution in [0, 0.1) is 0 Å². The molecule has 0 radical (unpaired) electrons. The molecule has 3 rings (SSSR count). The van der Waals surface area contributed by atoms with E-state index in [1.807, 2.05) is 0 Å². The number of hydrogen-bond acceptors (Lipinski definition) is 4. The van der Waals surface area contributed by atoms with Crippen molar-refractivity contribution in [3.8, 4) is 5.75 Å². The Balaban J connectivity index is 1.86. The van der Waals surface area contributed by atoms with Gasteiger partial charge in [0.05, 0.1) is 5.56 Å². The number of aromatic hydroxyl groups is 1. The molecule has 1 aromatic heterocycles. The van der Waals surface area contributed by atoms with Crippen molar-refractivity contribution < 1.29 is 14.7 Å². The molecule has 7 nitrogen and oxygen atoms in total. The van der Waals surface area contributed by atoms with E-state index in [2.05, 4.69) is 22.2 Å². The van der Waals surface area contributed by atoms with Crippen molar-refractivity contribution in [2.24, 2.45) is 0 Å². The SMILES string of the molecule is C=CC(=O)Nc1ccc(O)c(C(=O)Nc2cc3c([nH]c2=O)CCCC3)c1. The first-order chi connectivity index (χ1) is 12.5. The van der Waals surface area contributed by atoms with Crippen LogP contribution in [0.1, 0.15) is 34.5 Å². The number of carbonyl (C=O) groups excluding carboxylic acids is 2. The van der Waals surface area contributed by atoms with Crippen molar-refractivity contribution in [3.05, 3.63) is 64.1 Å². The third-order valence-electron chi connectivity index (χ3n) is 4.28. The van der Waals surface area contributed by atoms with Crippen molar-refractivity contribution >= 4 is 23.2 Å². The smallest absolute Gasteiger partial charge is 0.271 e. The molecule has 134 valence electrons. The number of hydrogen-bond donors (Lipinski definition) is 4. The lowest BCUT2D eigenvalue weighted by molar-refractivity contribution is -0.111. The minimum absolute atomic E-state index is 0.0519. The highest BCUT2D eigenvalue weighted by Gasteiger charge is 2.17. The van der Waals surface area contributed by atoms with Crippen LogP contribution in [0.5, 0.6) is 5.75 Å². The molecule has 0 atom stereocenters. The van der Waals surface area contributed by atoms with Gasteiger partial charge in [0, 0.05) is 11.4 Å². The number of pyridine rings is 1. The van der Waals surface area contributed by atoms with Gasteiger partial charge in [-0.1, -0.05) is 6.58 Å². The lowest BCUT2D eigenvalue weighted by Gasteiger charge is -2.16.